The van der Waals surface area contributed by atoms with E-state index in [-0.39, 0.29) is 18.0 Å². The van der Waals surface area contributed by atoms with Gasteiger partial charge in [-0.2, -0.15) is 0 Å². The van der Waals surface area contributed by atoms with Crippen LogP contribution in [0.3, 0.4) is 0 Å². The SMILES string of the molecule is O=C(Nc1cc(-c2ccccc2)on1)NC1CCC(C(=O)O)CC1. The van der Waals surface area contributed by atoms with Crippen molar-refractivity contribution in [2.24, 2.45) is 5.92 Å². The molecule has 3 N–H and O–H groups in total. The number of carbonyl (C=O) groups excluding carboxylic acids is 1. The Kier molecular flexibility index (Phi) is 4.79. The Bertz CT molecular complexity index is 706. The summed E-state index contributed by atoms with van der Waals surface area (Å²) in [4.78, 5) is 22.9. The minimum atomic E-state index is -0.756. The van der Waals surface area contributed by atoms with E-state index in [0.717, 1.165) is 5.56 Å². The van der Waals surface area contributed by atoms with Crippen molar-refractivity contribution in [3.63, 3.8) is 0 Å². The van der Waals surface area contributed by atoms with E-state index in [9.17, 15) is 9.59 Å². The molecule has 1 aliphatic rings. The number of urea groups is 1. The number of amides is 2. The van der Waals surface area contributed by atoms with Gasteiger partial charge in [-0.05, 0) is 25.7 Å². The zero-order valence-corrected chi connectivity index (χ0v) is 13.1. The molecule has 1 aromatic carbocycles. The summed E-state index contributed by atoms with van der Waals surface area (Å²) in [6, 6.07) is 10.8. The molecule has 0 saturated heterocycles. The van der Waals surface area contributed by atoms with Crippen molar-refractivity contribution < 1.29 is 19.2 Å². The number of aromatic nitrogens is 1. The van der Waals surface area contributed by atoms with E-state index in [2.05, 4.69) is 15.8 Å². The number of hydrogen-bond acceptors (Lipinski definition) is 4. The monoisotopic (exact) mass is 329 g/mol. The number of aliphatic carboxylic acids is 1. The van der Waals surface area contributed by atoms with Crippen LogP contribution in [0.5, 0.6) is 0 Å². The number of anilines is 1. The first-order chi connectivity index (χ1) is 11.6. The summed E-state index contributed by atoms with van der Waals surface area (Å²) in [5, 5.41) is 18.3. The summed E-state index contributed by atoms with van der Waals surface area (Å²) in [7, 11) is 0. The molecular weight excluding hydrogens is 310 g/mol. The molecule has 0 bridgehead atoms. The molecule has 1 saturated carbocycles. The maximum absolute atomic E-state index is 12.0. The van der Waals surface area contributed by atoms with Gasteiger partial charge >= 0.3 is 12.0 Å². The molecule has 7 heteroatoms. The molecule has 0 aliphatic heterocycles. The van der Waals surface area contributed by atoms with Gasteiger partial charge in [0.15, 0.2) is 11.6 Å². The summed E-state index contributed by atoms with van der Waals surface area (Å²) >= 11 is 0. The quantitative estimate of drug-likeness (QED) is 0.799. The molecule has 126 valence electrons. The first kappa shape index (κ1) is 16.0. The Balaban J connectivity index is 1.51. The zero-order chi connectivity index (χ0) is 16.9. The fourth-order valence-corrected chi connectivity index (χ4v) is 2.90. The maximum atomic E-state index is 12.0. The summed E-state index contributed by atoms with van der Waals surface area (Å²) in [6.07, 6.45) is 2.50. The summed E-state index contributed by atoms with van der Waals surface area (Å²) in [6.45, 7) is 0. The van der Waals surface area contributed by atoms with Crippen LogP contribution in [-0.2, 0) is 4.79 Å². The van der Waals surface area contributed by atoms with Crippen LogP contribution in [0.1, 0.15) is 25.7 Å². The Morgan fingerprint density at radius 1 is 1.12 bits per heavy atom. The van der Waals surface area contributed by atoms with E-state index >= 15 is 0 Å². The van der Waals surface area contributed by atoms with Crippen LogP contribution in [0, 0.1) is 5.92 Å². The van der Waals surface area contributed by atoms with Gasteiger partial charge in [0.2, 0.25) is 0 Å². The van der Waals surface area contributed by atoms with Gasteiger partial charge in [0.25, 0.3) is 0 Å². The summed E-state index contributed by atoms with van der Waals surface area (Å²) < 4.78 is 5.22. The van der Waals surface area contributed by atoms with E-state index in [0.29, 0.717) is 37.3 Å². The van der Waals surface area contributed by atoms with Crippen LogP contribution >= 0.6 is 0 Å². The first-order valence-electron chi connectivity index (χ1n) is 7.94. The average molecular weight is 329 g/mol. The number of carbonyl (C=O) groups is 2. The predicted octanol–water partition coefficient (Wildman–Crippen LogP) is 3.11. The van der Waals surface area contributed by atoms with Gasteiger partial charge < -0.3 is 14.9 Å². The molecule has 2 aromatic rings. The molecule has 7 nitrogen and oxygen atoms in total. The van der Waals surface area contributed by atoms with Crippen LogP contribution in [0.4, 0.5) is 10.6 Å². The highest BCUT2D eigenvalue weighted by atomic mass is 16.5. The first-order valence-corrected chi connectivity index (χ1v) is 7.94. The molecule has 2 amide bonds. The van der Waals surface area contributed by atoms with Crippen molar-refractivity contribution in [3.8, 4) is 11.3 Å². The molecule has 0 spiro atoms. The van der Waals surface area contributed by atoms with Crippen molar-refractivity contribution in [3.05, 3.63) is 36.4 Å². The number of carboxylic acid groups (broad SMARTS) is 1. The third-order valence-electron chi connectivity index (χ3n) is 4.22. The Morgan fingerprint density at radius 3 is 2.50 bits per heavy atom. The molecule has 1 fully saturated rings. The Morgan fingerprint density at radius 2 is 1.83 bits per heavy atom. The number of rotatable bonds is 4. The van der Waals surface area contributed by atoms with Gasteiger partial charge in [-0.3, -0.25) is 10.1 Å². The van der Waals surface area contributed by atoms with Gasteiger partial charge in [-0.25, -0.2) is 4.79 Å². The largest absolute Gasteiger partial charge is 0.481 e. The topological polar surface area (TPSA) is 104 Å². The van der Waals surface area contributed by atoms with Gasteiger partial charge in [0.1, 0.15) is 0 Å². The van der Waals surface area contributed by atoms with Crippen LogP contribution in [0.2, 0.25) is 0 Å². The molecule has 1 aromatic heterocycles. The molecular formula is C17H19N3O4. The van der Waals surface area contributed by atoms with Crippen LogP contribution in [0.15, 0.2) is 40.9 Å². The minimum absolute atomic E-state index is 0.0129. The highest BCUT2D eigenvalue weighted by Crippen LogP contribution is 2.25. The van der Waals surface area contributed by atoms with Crippen molar-refractivity contribution in [2.45, 2.75) is 31.7 Å². The molecule has 1 heterocycles. The van der Waals surface area contributed by atoms with Crippen molar-refractivity contribution >= 4 is 17.8 Å². The number of benzene rings is 1. The number of nitrogens with one attached hydrogen (secondary N) is 2. The van der Waals surface area contributed by atoms with E-state index in [1.165, 1.54) is 0 Å². The second-order valence-electron chi connectivity index (χ2n) is 5.93. The highest BCUT2D eigenvalue weighted by molar-refractivity contribution is 5.88. The van der Waals surface area contributed by atoms with E-state index in [1.807, 2.05) is 30.3 Å². The van der Waals surface area contributed by atoms with Crippen molar-refractivity contribution in [1.82, 2.24) is 10.5 Å². The smallest absolute Gasteiger partial charge is 0.320 e. The second-order valence-corrected chi connectivity index (χ2v) is 5.93. The fourth-order valence-electron chi connectivity index (χ4n) is 2.90. The lowest BCUT2D eigenvalue weighted by Crippen LogP contribution is -2.41. The minimum Gasteiger partial charge on any atom is -0.481 e. The number of hydrogen-bond donors (Lipinski definition) is 3. The number of carboxylic acids is 1. The molecule has 1 aliphatic carbocycles. The third-order valence-corrected chi connectivity index (χ3v) is 4.22. The zero-order valence-electron chi connectivity index (χ0n) is 13.1. The van der Waals surface area contributed by atoms with Crippen molar-refractivity contribution in [1.29, 1.82) is 0 Å². The van der Waals surface area contributed by atoms with E-state index in [1.54, 1.807) is 6.07 Å². The molecule has 24 heavy (non-hydrogen) atoms. The van der Waals surface area contributed by atoms with Gasteiger partial charge in [0, 0.05) is 17.7 Å². The lowest BCUT2D eigenvalue weighted by Gasteiger charge is -2.26. The predicted molar refractivity (Wildman–Crippen MR) is 87.5 cm³/mol. The standard InChI is InChI=1S/C17H19N3O4/c21-16(22)12-6-8-13(9-7-12)18-17(23)19-15-10-14(24-20-15)11-4-2-1-3-5-11/h1-5,10,12-13H,6-9H2,(H,21,22)(H2,18,19,20,23). The van der Waals surface area contributed by atoms with Gasteiger partial charge in [-0.1, -0.05) is 35.5 Å². The van der Waals surface area contributed by atoms with Crippen LogP contribution in [0.25, 0.3) is 11.3 Å². The van der Waals surface area contributed by atoms with E-state index in [4.69, 9.17) is 9.63 Å². The Hall–Kier alpha value is -2.83. The third kappa shape index (κ3) is 3.92. The number of nitrogens with zero attached hydrogens (tertiary/aromatic N) is 1. The molecule has 3 rings (SSSR count). The lowest BCUT2D eigenvalue weighted by molar-refractivity contribution is -0.142. The highest BCUT2D eigenvalue weighted by Gasteiger charge is 2.26. The van der Waals surface area contributed by atoms with Crippen LogP contribution < -0.4 is 10.6 Å². The summed E-state index contributed by atoms with van der Waals surface area (Å²) in [5.41, 5.74) is 0.880. The van der Waals surface area contributed by atoms with Gasteiger partial charge in [0.05, 0.1) is 5.92 Å². The van der Waals surface area contributed by atoms with E-state index < -0.39 is 5.97 Å². The average Bonchev–Trinajstić information content (AvgIpc) is 3.04. The maximum Gasteiger partial charge on any atom is 0.320 e. The summed E-state index contributed by atoms with van der Waals surface area (Å²) in [5.74, 6) is -0.137. The fraction of sp³-hybridized carbons (Fsp3) is 0.353. The van der Waals surface area contributed by atoms with Crippen LogP contribution in [-0.4, -0.2) is 28.3 Å². The lowest BCUT2D eigenvalue weighted by atomic mass is 9.86. The van der Waals surface area contributed by atoms with Crippen molar-refractivity contribution in [2.75, 3.05) is 5.32 Å². The second kappa shape index (κ2) is 7.16. The normalized spacial score (nSPS) is 20.3. The molecule has 0 radical (unpaired) electrons. The molecule has 0 unspecified atom stereocenters. The molecule has 0 atom stereocenters. The Labute approximate surface area is 139 Å². The van der Waals surface area contributed by atoms with Gasteiger partial charge in [-0.15, -0.1) is 0 Å².